The molecule has 16 heavy (non-hydrogen) atoms. The molecule has 0 amide bonds. The van der Waals surface area contributed by atoms with Gasteiger partial charge in [0.05, 0.1) is 6.61 Å². The SMILES string of the molecule is CNc1cccc(OCC2CCOCC2)n1. The van der Waals surface area contributed by atoms with Crippen molar-refractivity contribution >= 4 is 5.82 Å². The molecule has 1 saturated heterocycles. The maximum Gasteiger partial charge on any atom is 0.215 e. The molecule has 1 N–H and O–H groups in total. The highest BCUT2D eigenvalue weighted by atomic mass is 16.5. The van der Waals surface area contributed by atoms with E-state index in [1.165, 1.54) is 0 Å². The van der Waals surface area contributed by atoms with Gasteiger partial charge >= 0.3 is 0 Å². The maximum atomic E-state index is 5.68. The predicted molar refractivity (Wildman–Crippen MR) is 62.8 cm³/mol. The number of rotatable bonds is 4. The fraction of sp³-hybridized carbons (Fsp3) is 0.583. The smallest absolute Gasteiger partial charge is 0.215 e. The van der Waals surface area contributed by atoms with Crippen molar-refractivity contribution in [1.29, 1.82) is 0 Å². The van der Waals surface area contributed by atoms with Crippen LogP contribution >= 0.6 is 0 Å². The highest BCUT2D eigenvalue weighted by molar-refractivity contribution is 5.35. The predicted octanol–water partition coefficient (Wildman–Crippen LogP) is 1.93. The van der Waals surface area contributed by atoms with Gasteiger partial charge < -0.3 is 14.8 Å². The van der Waals surface area contributed by atoms with Crippen LogP contribution in [0.2, 0.25) is 0 Å². The highest BCUT2D eigenvalue weighted by Crippen LogP contribution is 2.17. The fourth-order valence-electron chi connectivity index (χ4n) is 1.75. The van der Waals surface area contributed by atoms with Crippen LogP contribution in [0.4, 0.5) is 5.82 Å². The summed E-state index contributed by atoms with van der Waals surface area (Å²) in [5.41, 5.74) is 0. The van der Waals surface area contributed by atoms with Crippen LogP contribution in [-0.4, -0.2) is 31.9 Å². The van der Waals surface area contributed by atoms with E-state index in [-0.39, 0.29) is 0 Å². The summed E-state index contributed by atoms with van der Waals surface area (Å²) in [7, 11) is 1.85. The fourth-order valence-corrected chi connectivity index (χ4v) is 1.75. The van der Waals surface area contributed by atoms with Crippen LogP contribution in [0.25, 0.3) is 0 Å². The molecule has 4 heteroatoms. The van der Waals surface area contributed by atoms with Crippen LogP contribution in [0.5, 0.6) is 5.88 Å². The number of hydrogen-bond acceptors (Lipinski definition) is 4. The topological polar surface area (TPSA) is 43.4 Å². The van der Waals surface area contributed by atoms with E-state index in [0.29, 0.717) is 11.8 Å². The second kappa shape index (κ2) is 5.70. The number of nitrogens with zero attached hydrogens (tertiary/aromatic N) is 1. The molecule has 88 valence electrons. The lowest BCUT2D eigenvalue weighted by Gasteiger charge is -2.21. The molecule has 2 rings (SSSR count). The van der Waals surface area contributed by atoms with Gasteiger partial charge in [-0.2, -0.15) is 4.98 Å². The Labute approximate surface area is 96.0 Å². The zero-order valence-electron chi connectivity index (χ0n) is 9.61. The van der Waals surface area contributed by atoms with Gasteiger partial charge in [-0.15, -0.1) is 0 Å². The lowest BCUT2D eigenvalue weighted by molar-refractivity contribution is 0.0490. The van der Waals surface area contributed by atoms with Gasteiger partial charge in [0.1, 0.15) is 5.82 Å². The Morgan fingerprint density at radius 1 is 1.44 bits per heavy atom. The standard InChI is InChI=1S/C12H18N2O2/c1-13-11-3-2-4-12(14-11)16-9-10-5-7-15-8-6-10/h2-4,10H,5-9H2,1H3,(H,13,14). The minimum atomic E-state index is 0.605. The van der Waals surface area contributed by atoms with E-state index in [2.05, 4.69) is 10.3 Å². The first-order valence-corrected chi connectivity index (χ1v) is 5.74. The summed E-state index contributed by atoms with van der Waals surface area (Å²) in [6.45, 7) is 2.46. The molecule has 0 radical (unpaired) electrons. The molecule has 4 nitrogen and oxygen atoms in total. The average Bonchev–Trinajstić information content (AvgIpc) is 2.38. The van der Waals surface area contributed by atoms with Crippen molar-refractivity contribution in [3.05, 3.63) is 18.2 Å². The highest BCUT2D eigenvalue weighted by Gasteiger charge is 2.14. The zero-order valence-corrected chi connectivity index (χ0v) is 9.61. The van der Waals surface area contributed by atoms with Crippen molar-refractivity contribution in [2.24, 2.45) is 5.92 Å². The Balaban J connectivity index is 1.83. The number of anilines is 1. The second-order valence-electron chi connectivity index (χ2n) is 3.98. The Hall–Kier alpha value is -1.29. The lowest BCUT2D eigenvalue weighted by Crippen LogP contribution is -2.21. The monoisotopic (exact) mass is 222 g/mol. The molecule has 0 bridgehead atoms. The first-order valence-electron chi connectivity index (χ1n) is 5.74. The number of aromatic nitrogens is 1. The first-order chi connectivity index (χ1) is 7.88. The largest absolute Gasteiger partial charge is 0.477 e. The lowest BCUT2D eigenvalue weighted by atomic mass is 10.0. The third-order valence-corrected chi connectivity index (χ3v) is 2.79. The minimum Gasteiger partial charge on any atom is -0.477 e. The molecule has 0 aliphatic carbocycles. The van der Waals surface area contributed by atoms with Crippen molar-refractivity contribution in [3.63, 3.8) is 0 Å². The van der Waals surface area contributed by atoms with Gasteiger partial charge in [0.2, 0.25) is 5.88 Å². The molecule has 1 fully saturated rings. The van der Waals surface area contributed by atoms with Crippen LogP contribution in [0.3, 0.4) is 0 Å². The van der Waals surface area contributed by atoms with Crippen LogP contribution in [0, 0.1) is 5.92 Å². The van der Waals surface area contributed by atoms with Crippen LogP contribution in [0.15, 0.2) is 18.2 Å². The van der Waals surface area contributed by atoms with E-state index in [1.54, 1.807) is 0 Å². The van der Waals surface area contributed by atoms with Crippen LogP contribution in [0.1, 0.15) is 12.8 Å². The van der Waals surface area contributed by atoms with E-state index in [0.717, 1.165) is 38.5 Å². The van der Waals surface area contributed by atoms with Gasteiger partial charge in [-0.05, 0) is 24.8 Å². The molecule has 1 aromatic heterocycles. The van der Waals surface area contributed by atoms with Gasteiger partial charge in [-0.1, -0.05) is 6.07 Å². The molecule has 1 aliphatic heterocycles. The summed E-state index contributed by atoms with van der Waals surface area (Å²) < 4.78 is 11.0. The third kappa shape index (κ3) is 3.10. The van der Waals surface area contributed by atoms with Crippen molar-refractivity contribution in [1.82, 2.24) is 4.98 Å². The van der Waals surface area contributed by atoms with Gasteiger partial charge in [0.25, 0.3) is 0 Å². The van der Waals surface area contributed by atoms with Gasteiger partial charge in [0.15, 0.2) is 0 Å². The Morgan fingerprint density at radius 2 is 2.25 bits per heavy atom. The normalized spacial score (nSPS) is 17.1. The quantitative estimate of drug-likeness (QED) is 0.845. The first kappa shape index (κ1) is 11.2. The van der Waals surface area contributed by atoms with Gasteiger partial charge in [0, 0.05) is 26.3 Å². The summed E-state index contributed by atoms with van der Waals surface area (Å²) >= 11 is 0. The van der Waals surface area contributed by atoms with Gasteiger partial charge in [-0.3, -0.25) is 0 Å². The molecule has 0 unspecified atom stereocenters. The molecule has 2 heterocycles. The van der Waals surface area contributed by atoms with Gasteiger partial charge in [-0.25, -0.2) is 0 Å². The molecule has 0 aromatic carbocycles. The summed E-state index contributed by atoms with van der Waals surface area (Å²) in [4.78, 5) is 4.31. The Bertz CT molecular complexity index is 325. The third-order valence-electron chi connectivity index (χ3n) is 2.79. The van der Waals surface area contributed by atoms with E-state index >= 15 is 0 Å². The second-order valence-corrected chi connectivity index (χ2v) is 3.98. The van der Waals surface area contributed by atoms with E-state index in [1.807, 2.05) is 25.2 Å². The minimum absolute atomic E-state index is 0.605. The Kier molecular flexibility index (Phi) is 3.99. The zero-order chi connectivity index (χ0) is 11.2. The number of ether oxygens (including phenoxy) is 2. The number of hydrogen-bond donors (Lipinski definition) is 1. The summed E-state index contributed by atoms with van der Waals surface area (Å²) in [6, 6.07) is 5.75. The molecule has 0 atom stereocenters. The van der Waals surface area contributed by atoms with Crippen molar-refractivity contribution in [3.8, 4) is 5.88 Å². The molecular formula is C12H18N2O2. The summed E-state index contributed by atoms with van der Waals surface area (Å²) in [5, 5.41) is 2.99. The number of pyridine rings is 1. The molecular weight excluding hydrogens is 204 g/mol. The van der Waals surface area contributed by atoms with Crippen molar-refractivity contribution < 1.29 is 9.47 Å². The van der Waals surface area contributed by atoms with E-state index in [4.69, 9.17) is 9.47 Å². The van der Waals surface area contributed by atoms with E-state index < -0.39 is 0 Å². The molecule has 1 aromatic rings. The van der Waals surface area contributed by atoms with E-state index in [9.17, 15) is 0 Å². The van der Waals surface area contributed by atoms with Crippen molar-refractivity contribution in [2.45, 2.75) is 12.8 Å². The maximum absolute atomic E-state index is 5.68. The summed E-state index contributed by atoms with van der Waals surface area (Å²) in [6.07, 6.45) is 2.18. The van der Waals surface area contributed by atoms with Crippen LogP contribution in [-0.2, 0) is 4.74 Å². The summed E-state index contributed by atoms with van der Waals surface area (Å²) in [5.74, 6) is 2.14. The Morgan fingerprint density at radius 3 is 3.00 bits per heavy atom. The molecule has 0 saturated carbocycles. The molecule has 0 spiro atoms. The molecule has 1 aliphatic rings. The van der Waals surface area contributed by atoms with Crippen LogP contribution < -0.4 is 10.1 Å². The number of nitrogens with one attached hydrogen (secondary N) is 1. The van der Waals surface area contributed by atoms with Crippen molar-refractivity contribution in [2.75, 3.05) is 32.2 Å². The average molecular weight is 222 g/mol.